The van der Waals surface area contributed by atoms with Crippen LogP contribution in [0.3, 0.4) is 0 Å². The van der Waals surface area contributed by atoms with Crippen LogP contribution in [0.25, 0.3) is 5.69 Å². The van der Waals surface area contributed by atoms with Crippen molar-refractivity contribution in [3.05, 3.63) is 51.4 Å². The fraction of sp³-hybridized carbons (Fsp3) is 0.400. The molecule has 0 amide bonds. The van der Waals surface area contributed by atoms with Crippen molar-refractivity contribution >= 4 is 0 Å². The van der Waals surface area contributed by atoms with E-state index in [1.54, 1.807) is 10.7 Å². The molecule has 1 saturated carbocycles. The Morgan fingerprint density at radius 2 is 1.94 bits per heavy atom. The van der Waals surface area contributed by atoms with Crippen LogP contribution in [0.2, 0.25) is 0 Å². The van der Waals surface area contributed by atoms with Crippen molar-refractivity contribution in [2.45, 2.75) is 32.6 Å². The monoisotopic (exact) mass is 242 g/mol. The van der Waals surface area contributed by atoms with Gasteiger partial charge in [0.1, 0.15) is 0 Å². The molecule has 1 aliphatic carbocycles. The third-order valence-electron chi connectivity index (χ3n) is 3.95. The lowest BCUT2D eigenvalue weighted by Gasteiger charge is -2.13. The van der Waals surface area contributed by atoms with E-state index in [1.165, 1.54) is 29.7 Å². The van der Waals surface area contributed by atoms with Gasteiger partial charge in [-0.2, -0.15) is 0 Å². The Balaban J connectivity index is 2.22. The van der Waals surface area contributed by atoms with E-state index < -0.39 is 0 Å². The molecule has 18 heavy (non-hydrogen) atoms. The van der Waals surface area contributed by atoms with E-state index in [9.17, 15) is 4.79 Å². The van der Waals surface area contributed by atoms with Crippen LogP contribution in [0.15, 0.2) is 29.1 Å². The van der Waals surface area contributed by atoms with Crippen LogP contribution in [0, 0.1) is 13.8 Å². The summed E-state index contributed by atoms with van der Waals surface area (Å²) in [6.45, 7) is 4.15. The lowest BCUT2D eigenvalue weighted by atomic mass is 10.1. The number of aryl methyl sites for hydroxylation is 1. The van der Waals surface area contributed by atoms with Gasteiger partial charge in [-0.25, -0.2) is 4.68 Å². The Morgan fingerprint density at radius 1 is 1.22 bits per heavy atom. The number of hydrogen-bond donors (Lipinski definition) is 0. The van der Waals surface area contributed by atoms with E-state index in [1.807, 2.05) is 23.9 Å². The zero-order valence-corrected chi connectivity index (χ0v) is 11.1. The lowest BCUT2D eigenvalue weighted by molar-refractivity contribution is 0.614. The Kier molecular flexibility index (Phi) is 2.44. The van der Waals surface area contributed by atoms with Crippen LogP contribution in [0.1, 0.15) is 35.6 Å². The van der Waals surface area contributed by atoms with Crippen molar-refractivity contribution in [3.8, 4) is 5.69 Å². The van der Waals surface area contributed by atoms with Crippen molar-refractivity contribution < 1.29 is 0 Å². The van der Waals surface area contributed by atoms with Gasteiger partial charge in [0.05, 0.1) is 5.69 Å². The van der Waals surface area contributed by atoms with E-state index in [4.69, 9.17) is 0 Å². The molecule has 0 saturated heterocycles. The molecule has 94 valence electrons. The molecule has 1 aromatic carbocycles. The van der Waals surface area contributed by atoms with Gasteiger partial charge in [-0.15, -0.1) is 0 Å². The molecule has 0 radical (unpaired) electrons. The summed E-state index contributed by atoms with van der Waals surface area (Å²) in [5.74, 6) is 0.592. The highest BCUT2D eigenvalue weighted by molar-refractivity contribution is 5.44. The summed E-state index contributed by atoms with van der Waals surface area (Å²) < 4.78 is 3.80. The van der Waals surface area contributed by atoms with Crippen LogP contribution in [0.5, 0.6) is 0 Å². The largest absolute Gasteiger partial charge is 0.285 e. The number of aromatic nitrogens is 2. The molecule has 1 fully saturated rings. The van der Waals surface area contributed by atoms with Crippen LogP contribution in [-0.4, -0.2) is 9.36 Å². The molecule has 0 bridgehead atoms. The van der Waals surface area contributed by atoms with E-state index in [-0.39, 0.29) is 5.56 Å². The van der Waals surface area contributed by atoms with Crippen LogP contribution >= 0.6 is 0 Å². The first-order chi connectivity index (χ1) is 8.59. The smallest absolute Gasteiger partial charge is 0.271 e. The quantitative estimate of drug-likeness (QED) is 0.795. The highest BCUT2D eigenvalue weighted by Gasteiger charge is 2.28. The standard InChI is InChI=1S/C15H18N2O/c1-10-5-4-6-13(11(10)2)17-15(18)9-14(16(17)3)12-7-8-12/h4-6,9,12H,7-8H2,1-3H3. The third kappa shape index (κ3) is 1.62. The highest BCUT2D eigenvalue weighted by atomic mass is 16.1. The average Bonchev–Trinajstić information content (AvgIpc) is 3.12. The lowest BCUT2D eigenvalue weighted by Crippen LogP contribution is -2.20. The van der Waals surface area contributed by atoms with Gasteiger partial charge >= 0.3 is 0 Å². The molecule has 2 aromatic rings. The van der Waals surface area contributed by atoms with Crippen LogP contribution in [0.4, 0.5) is 0 Å². The minimum atomic E-state index is 0.0769. The molecule has 1 aliphatic rings. The van der Waals surface area contributed by atoms with Crippen molar-refractivity contribution in [2.24, 2.45) is 7.05 Å². The van der Waals surface area contributed by atoms with Gasteiger partial charge in [-0.1, -0.05) is 12.1 Å². The molecule has 0 N–H and O–H groups in total. The Labute approximate surface area is 107 Å². The van der Waals surface area contributed by atoms with Crippen molar-refractivity contribution in [1.29, 1.82) is 0 Å². The van der Waals surface area contributed by atoms with Crippen molar-refractivity contribution in [2.75, 3.05) is 0 Å². The maximum atomic E-state index is 12.2. The molecule has 3 heteroatoms. The molecule has 0 unspecified atom stereocenters. The number of hydrogen-bond acceptors (Lipinski definition) is 1. The first-order valence-electron chi connectivity index (χ1n) is 6.45. The molecular formula is C15H18N2O. The van der Waals surface area contributed by atoms with Gasteiger partial charge in [0.15, 0.2) is 0 Å². The van der Waals surface area contributed by atoms with Crippen LogP contribution < -0.4 is 5.56 Å². The maximum Gasteiger partial charge on any atom is 0.271 e. The second-order valence-corrected chi connectivity index (χ2v) is 5.24. The fourth-order valence-corrected chi connectivity index (χ4v) is 2.55. The van der Waals surface area contributed by atoms with E-state index >= 15 is 0 Å². The molecule has 0 atom stereocenters. The summed E-state index contributed by atoms with van der Waals surface area (Å²) in [6.07, 6.45) is 2.42. The summed E-state index contributed by atoms with van der Waals surface area (Å²) >= 11 is 0. The zero-order valence-electron chi connectivity index (χ0n) is 11.1. The molecule has 3 nitrogen and oxygen atoms in total. The minimum absolute atomic E-state index is 0.0769. The van der Waals surface area contributed by atoms with Gasteiger partial charge in [-0.05, 0) is 43.9 Å². The summed E-state index contributed by atoms with van der Waals surface area (Å²) in [6, 6.07) is 7.89. The minimum Gasteiger partial charge on any atom is -0.285 e. The van der Waals surface area contributed by atoms with Gasteiger partial charge in [-0.3, -0.25) is 9.48 Å². The fourth-order valence-electron chi connectivity index (χ4n) is 2.55. The number of nitrogens with zero attached hydrogens (tertiary/aromatic N) is 2. The predicted octanol–water partition coefficient (Wildman–Crippen LogP) is 2.67. The molecule has 3 rings (SSSR count). The summed E-state index contributed by atoms with van der Waals surface area (Å²) in [5.41, 5.74) is 4.63. The second-order valence-electron chi connectivity index (χ2n) is 5.24. The zero-order chi connectivity index (χ0) is 12.9. The highest BCUT2D eigenvalue weighted by Crippen LogP contribution is 2.39. The first-order valence-corrected chi connectivity index (χ1v) is 6.45. The summed E-state index contributed by atoms with van der Waals surface area (Å²) in [4.78, 5) is 12.2. The Bertz CT molecular complexity index is 660. The number of benzene rings is 1. The number of rotatable bonds is 2. The van der Waals surface area contributed by atoms with E-state index in [2.05, 4.69) is 19.9 Å². The first kappa shape index (κ1) is 11.3. The summed E-state index contributed by atoms with van der Waals surface area (Å²) in [7, 11) is 1.98. The van der Waals surface area contributed by atoms with Gasteiger partial charge in [0.2, 0.25) is 0 Å². The van der Waals surface area contributed by atoms with Gasteiger partial charge in [0, 0.05) is 24.7 Å². The molecule has 1 heterocycles. The maximum absolute atomic E-state index is 12.2. The third-order valence-corrected chi connectivity index (χ3v) is 3.95. The average molecular weight is 242 g/mol. The molecule has 1 aromatic heterocycles. The molecule has 0 aliphatic heterocycles. The van der Waals surface area contributed by atoms with E-state index in [0.29, 0.717) is 5.92 Å². The Hall–Kier alpha value is -1.77. The van der Waals surface area contributed by atoms with Gasteiger partial charge < -0.3 is 0 Å². The van der Waals surface area contributed by atoms with Crippen molar-refractivity contribution in [1.82, 2.24) is 9.36 Å². The summed E-state index contributed by atoms with van der Waals surface area (Å²) in [5, 5.41) is 0. The SMILES string of the molecule is Cc1cccc(-n2c(=O)cc(C3CC3)n2C)c1C. The normalized spacial score (nSPS) is 15.1. The second kappa shape index (κ2) is 3.87. The topological polar surface area (TPSA) is 26.9 Å². The van der Waals surface area contributed by atoms with Crippen molar-refractivity contribution in [3.63, 3.8) is 0 Å². The predicted molar refractivity (Wildman–Crippen MR) is 72.5 cm³/mol. The molecular weight excluding hydrogens is 224 g/mol. The van der Waals surface area contributed by atoms with Crippen LogP contribution in [-0.2, 0) is 7.05 Å². The van der Waals surface area contributed by atoms with E-state index in [0.717, 1.165) is 5.69 Å². The molecule has 0 spiro atoms. The van der Waals surface area contributed by atoms with Gasteiger partial charge in [0.25, 0.3) is 5.56 Å². The Morgan fingerprint density at radius 3 is 2.61 bits per heavy atom.